The highest BCUT2D eigenvalue weighted by Gasteiger charge is 2.60. The molecule has 128 valence electrons. The Kier molecular flexibility index (Phi) is 5.64. The molecule has 0 radical (unpaired) electrons. The molecule has 2 aliphatic rings. The van der Waals surface area contributed by atoms with E-state index < -0.39 is 0 Å². The first-order valence-electron chi connectivity index (χ1n) is 7.91. The second kappa shape index (κ2) is 7.31. The number of urea groups is 1. The molecule has 2 aliphatic heterocycles. The first-order chi connectivity index (χ1) is 10.9. The van der Waals surface area contributed by atoms with Crippen LogP contribution in [0, 0.1) is 0 Å². The van der Waals surface area contributed by atoms with Gasteiger partial charge in [0.05, 0.1) is 11.1 Å². The number of amides is 3. The van der Waals surface area contributed by atoms with Gasteiger partial charge in [-0.2, -0.15) is 11.8 Å². The maximum Gasteiger partial charge on any atom is 0.315 e. The van der Waals surface area contributed by atoms with Crippen molar-refractivity contribution in [2.75, 3.05) is 18.8 Å². The maximum absolute atomic E-state index is 11.7. The number of fused-ring (bicyclic) bond motifs is 1. The fraction of sp³-hybridized carbons (Fsp3) is 0.857. The summed E-state index contributed by atoms with van der Waals surface area (Å²) in [5.41, 5.74) is 7.72. The van der Waals surface area contributed by atoms with Crippen LogP contribution >= 0.6 is 11.8 Å². The third-order valence-electron chi connectivity index (χ3n) is 4.84. The largest absolute Gasteiger partial charge is 0.356 e. The fourth-order valence-electron chi connectivity index (χ4n) is 3.21. The van der Waals surface area contributed by atoms with E-state index in [0.717, 1.165) is 25.0 Å². The molecule has 9 heteroatoms. The van der Waals surface area contributed by atoms with Crippen LogP contribution in [0.2, 0.25) is 0 Å². The van der Waals surface area contributed by atoms with E-state index in [1.54, 1.807) is 0 Å². The summed E-state index contributed by atoms with van der Waals surface area (Å²) in [4.78, 5) is 25.9. The number of nitrogens with zero attached hydrogens (tertiary/aromatic N) is 3. The van der Waals surface area contributed by atoms with Gasteiger partial charge in [0.15, 0.2) is 0 Å². The molecule has 2 saturated heterocycles. The molecule has 0 aromatic carbocycles. The van der Waals surface area contributed by atoms with Crippen molar-refractivity contribution >= 4 is 23.7 Å². The molecular weight excluding hydrogens is 316 g/mol. The van der Waals surface area contributed by atoms with Crippen molar-refractivity contribution in [3.8, 4) is 0 Å². The van der Waals surface area contributed by atoms with Gasteiger partial charge in [-0.3, -0.25) is 4.79 Å². The van der Waals surface area contributed by atoms with E-state index >= 15 is 0 Å². The highest BCUT2D eigenvalue weighted by molar-refractivity contribution is 8.00. The predicted octanol–water partition coefficient (Wildman–Crippen LogP) is 1.92. The van der Waals surface area contributed by atoms with Crippen LogP contribution in [0.5, 0.6) is 0 Å². The number of rotatable bonds is 8. The molecule has 0 saturated carbocycles. The van der Waals surface area contributed by atoms with Crippen molar-refractivity contribution in [2.24, 2.45) is 5.11 Å². The van der Waals surface area contributed by atoms with Gasteiger partial charge in [0.25, 0.3) is 0 Å². The summed E-state index contributed by atoms with van der Waals surface area (Å²) >= 11 is 1.89. The zero-order chi connectivity index (χ0) is 16.9. The molecular formula is C14H24N6O2S. The Balaban J connectivity index is 1.68. The number of hydrogen-bond donors (Lipinski definition) is 3. The minimum absolute atomic E-state index is 0.0101. The zero-order valence-electron chi connectivity index (χ0n) is 13.6. The van der Waals surface area contributed by atoms with E-state index in [4.69, 9.17) is 5.53 Å². The Morgan fingerprint density at radius 2 is 2.26 bits per heavy atom. The molecule has 0 aromatic rings. The average Bonchev–Trinajstić information content (AvgIpc) is 2.85. The van der Waals surface area contributed by atoms with Crippen molar-refractivity contribution < 1.29 is 9.59 Å². The molecule has 0 spiro atoms. The monoisotopic (exact) mass is 340 g/mol. The number of azide groups is 1. The Morgan fingerprint density at radius 1 is 1.48 bits per heavy atom. The first kappa shape index (κ1) is 17.7. The van der Waals surface area contributed by atoms with Crippen molar-refractivity contribution in [3.05, 3.63) is 10.4 Å². The smallest absolute Gasteiger partial charge is 0.315 e. The molecule has 0 unspecified atom stereocenters. The number of carbonyl (C=O) groups excluding carboxylic acids is 2. The molecule has 3 amide bonds. The van der Waals surface area contributed by atoms with Crippen LogP contribution in [0.1, 0.15) is 39.5 Å². The van der Waals surface area contributed by atoms with Gasteiger partial charge in [0.1, 0.15) is 0 Å². The third kappa shape index (κ3) is 3.84. The van der Waals surface area contributed by atoms with Crippen molar-refractivity contribution in [3.63, 3.8) is 0 Å². The normalized spacial score (nSPS) is 31.7. The van der Waals surface area contributed by atoms with Crippen molar-refractivity contribution in [2.45, 2.75) is 55.9 Å². The van der Waals surface area contributed by atoms with E-state index in [1.807, 2.05) is 11.8 Å². The first-order valence-corrected chi connectivity index (χ1v) is 8.96. The highest BCUT2D eigenvalue weighted by atomic mass is 32.2. The highest BCUT2D eigenvalue weighted by Crippen LogP contribution is 2.47. The molecule has 2 fully saturated rings. The standard InChI is InChI=1S/C14H24N6O2S/c1-13-9-23-10(14(13,2)19-12(22)18-13)5-3-4-6-11(21)16-7-8-17-20-15/h10H,3-9H2,1-2H3,(H,16,21)(H2,18,19,22)/t10-,13-,14+/m0/s1. The number of nitrogens with one attached hydrogen (secondary N) is 3. The van der Waals surface area contributed by atoms with Gasteiger partial charge in [0, 0.05) is 35.4 Å². The predicted molar refractivity (Wildman–Crippen MR) is 90.2 cm³/mol. The Hall–Kier alpha value is -1.60. The minimum atomic E-state index is -0.230. The molecule has 0 bridgehead atoms. The van der Waals surface area contributed by atoms with E-state index in [2.05, 4.69) is 39.8 Å². The molecule has 3 N–H and O–H groups in total. The molecule has 2 rings (SSSR count). The Labute approximate surface area is 140 Å². The van der Waals surface area contributed by atoms with E-state index in [-0.39, 0.29) is 29.6 Å². The Morgan fingerprint density at radius 3 is 3.00 bits per heavy atom. The quantitative estimate of drug-likeness (QED) is 0.206. The van der Waals surface area contributed by atoms with Crippen LogP contribution in [-0.4, -0.2) is 47.1 Å². The van der Waals surface area contributed by atoms with Crippen LogP contribution in [0.4, 0.5) is 4.79 Å². The number of unbranched alkanes of at least 4 members (excludes halogenated alkanes) is 1. The average molecular weight is 340 g/mol. The topological polar surface area (TPSA) is 119 Å². The molecule has 8 nitrogen and oxygen atoms in total. The maximum atomic E-state index is 11.7. The lowest BCUT2D eigenvalue weighted by atomic mass is 9.79. The summed E-state index contributed by atoms with van der Waals surface area (Å²) < 4.78 is 0. The second-order valence-corrected chi connectivity index (χ2v) is 7.65. The lowest BCUT2D eigenvalue weighted by Gasteiger charge is -2.35. The lowest BCUT2D eigenvalue weighted by molar-refractivity contribution is -0.121. The van der Waals surface area contributed by atoms with Crippen LogP contribution in [-0.2, 0) is 4.79 Å². The summed E-state index contributed by atoms with van der Waals surface area (Å²) in [6.07, 6.45) is 3.22. The van der Waals surface area contributed by atoms with Gasteiger partial charge < -0.3 is 16.0 Å². The summed E-state index contributed by atoms with van der Waals surface area (Å²) in [7, 11) is 0. The molecule has 23 heavy (non-hydrogen) atoms. The van der Waals surface area contributed by atoms with E-state index in [0.29, 0.717) is 18.2 Å². The lowest BCUT2D eigenvalue weighted by Crippen LogP contribution is -2.58. The van der Waals surface area contributed by atoms with E-state index in [1.165, 1.54) is 0 Å². The fourth-order valence-corrected chi connectivity index (χ4v) is 5.10. The van der Waals surface area contributed by atoms with Crippen molar-refractivity contribution in [1.29, 1.82) is 0 Å². The molecule has 0 aromatic heterocycles. The number of carbonyl (C=O) groups is 2. The summed E-state index contributed by atoms with van der Waals surface area (Å²) in [6.45, 7) is 4.87. The summed E-state index contributed by atoms with van der Waals surface area (Å²) in [5, 5.41) is 12.6. The van der Waals surface area contributed by atoms with Gasteiger partial charge in [-0.25, -0.2) is 4.79 Å². The Bertz CT molecular complexity index is 523. The molecule has 2 heterocycles. The summed E-state index contributed by atoms with van der Waals surface area (Å²) in [5.74, 6) is 0.899. The second-order valence-electron chi connectivity index (χ2n) is 6.46. The summed E-state index contributed by atoms with van der Waals surface area (Å²) in [6, 6.07) is -0.0836. The van der Waals surface area contributed by atoms with Crippen LogP contribution in [0.3, 0.4) is 0 Å². The third-order valence-corrected chi connectivity index (χ3v) is 6.70. The van der Waals surface area contributed by atoms with Crippen molar-refractivity contribution in [1.82, 2.24) is 16.0 Å². The van der Waals surface area contributed by atoms with Crippen LogP contribution in [0.15, 0.2) is 5.11 Å². The molecule has 3 atom stereocenters. The number of hydrogen-bond acceptors (Lipinski definition) is 4. The zero-order valence-corrected chi connectivity index (χ0v) is 14.4. The van der Waals surface area contributed by atoms with Gasteiger partial charge in [-0.15, -0.1) is 0 Å². The minimum Gasteiger partial charge on any atom is -0.356 e. The van der Waals surface area contributed by atoms with Gasteiger partial charge in [-0.05, 0) is 32.2 Å². The van der Waals surface area contributed by atoms with Gasteiger partial charge in [0.2, 0.25) is 5.91 Å². The van der Waals surface area contributed by atoms with Crippen LogP contribution in [0.25, 0.3) is 10.4 Å². The van der Waals surface area contributed by atoms with Crippen LogP contribution < -0.4 is 16.0 Å². The number of thioether (sulfide) groups is 1. The van der Waals surface area contributed by atoms with Gasteiger partial charge >= 0.3 is 6.03 Å². The van der Waals surface area contributed by atoms with E-state index in [9.17, 15) is 9.59 Å². The molecule has 0 aliphatic carbocycles. The SMILES string of the molecule is C[C@]12CS[C@@H](CCCCC(=O)NCCN=[N+]=[N-])[C@@]1(C)NC(=O)N2. The van der Waals surface area contributed by atoms with Gasteiger partial charge in [-0.1, -0.05) is 11.5 Å².